The predicted octanol–water partition coefficient (Wildman–Crippen LogP) is 13.5. The summed E-state index contributed by atoms with van der Waals surface area (Å²) >= 11 is 0. The van der Waals surface area contributed by atoms with E-state index in [1.54, 1.807) is 6.08 Å². The number of unbranched alkanes of at least 4 members (excludes halogenated alkanes) is 33. The average molecular weight is 1010 g/mol. The van der Waals surface area contributed by atoms with Crippen LogP contribution in [0.3, 0.4) is 0 Å². The minimum Gasteiger partial charge on any atom is -0.466 e. The van der Waals surface area contributed by atoms with E-state index in [1.807, 2.05) is 6.08 Å². The lowest BCUT2D eigenvalue weighted by atomic mass is 9.99. The van der Waals surface area contributed by atoms with Crippen molar-refractivity contribution in [3.8, 4) is 0 Å². The first-order valence-electron chi connectivity index (χ1n) is 29.8. The maximum Gasteiger partial charge on any atom is 0.305 e. The van der Waals surface area contributed by atoms with Gasteiger partial charge in [-0.2, -0.15) is 0 Å². The molecule has 0 saturated carbocycles. The Morgan fingerprint density at radius 1 is 0.507 bits per heavy atom. The monoisotopic (exact) mass is 1010 g/mol. The molecular formula is C60H111NO10. The van der Waals surface area contributed by atoms with Crippen molar-refractivity contribution < 1.29 is 49.3 Å². The first-order valence-corrected chi connectivity index (χ1v) is 29.8. The molecule has 11 nitrogen and oxygen atoms in total. The number of carbonyl (C=O) groups excluding carboxylic acids is 2. The van der Waals surface area contributed by atoms with Gasteiger partial charge >= 0.3 is 5.97 Å². The fourth-order valence-electron chi connectivity index (χ4n) is 9.21. The van der Waals surface area contributed by atoms with Gasteiger partial charge in [0.05, 0.1) is 32.0 Å². The molecule has 7 atom stereocenters. The molecule has 1 rings (SSSR count). The second-order valence-corrected chi connectivity index (χ2v) is 20.7. The van der Waals surface area contributed by atoms with Crippen molar-refractivity contribution in [1.29, 1.82) is 0 Å². The second kappa shape index (κ2) is 50.1. The van der Waals surface area contributed by atoms with Crippen LogP contribution in [0, 0.1) is 0 Å². The number of aliphatic hydroxyl groups is 5. The van der Waals surface area contributed by atoms with Crippen LogP contribution in [0.5, 0.6) is 0 Å². The van der Waals surface area contributed by atoms with Gasteiger partial charge in [0, 0.05) is 12.8 Å². The Kier molecular flexibility index (Phi) is 47.2. The fourth-order valence-corrected chi connectivity index (χ4v) is 9.21. The molecule has 1 saturated heterocycles. The molecule has 0 aliphatic carbocycles. The molecule has 1 aliphatic heterocycles. The highest BCUT2D eigenvalue weighted by Crippen LogP contribution is 2.23. The molecule has 0 aromatic heterocycles. The van der Waals surface area contributed by atoms with Gasteiger partial charge in [0.25, 0.3) is 0 Å². The van der Waals surface area contributed by atoms with Crippen LogP contribution in [0.25, 0.3) is 0 Å². The van der Waals surface area contributed by atoms with E-state index in [2.05, 4.69) is 43.5 Å². The molecule has 1 fully saturated rings. The van der Waals surface area contributed by atoms with Crippen LogP contribution in [0.2, 0.25) is 0 Å². The predicted molar refractivity (Wildman–Crippen MR) is 292 cm³/mol. The first kappa shape index (κ1) is 66.9. The topological polar surface area (TPSA) is 175 Å². The lowest BCUT2D eigenvalue weighted by Gasteiger charge is -2.40. The summed E-state index contributed by atoms with van der Waals surface area (Å²) < 4.78 is 16.7. The molecule has 71 heavy (non-hydrogen) atoms. The Balaban J connectivity index is 2.10. The number of nitrogens with one attached hydrogen (secondary N) is 1. The summed E-state index contributed by atoms with van der Waals surface area (Å²) in [5, 5.41) is 54.3. The first-order chi connectivity index (χ1) is 34.7. The molecule has 7 unspecified atom stereocenters. The molecule has 1 aliphatic rings. The molecule has 416 valence electrons. The average Bonchev–Trinajstić information content (AvgIpc) is 3.37. The number of hydrogen-bond donors (Lipinski definition) is 6. The standard InChI is InChI=1S/C60H111NO10/c1-3-5-7-9-11-13-15-27-30-34-38-42-46-53(63)52(51-70-60-59(68)58(67)57(66)54(50-62)71-60)61-55(64)47-43-39-35-31-28-24-22-20-18-16-17-19-21-23-25-29-33-37-41-45-49-69-56(65)48-44-40-36-32-26-14-12-10-8-6-4-2/h16,18,27,30,42,46,52-54,57-60,62-63,66-68H,3-15,17,19-26,28-29,31-41,43-45,47-51H2,1-2H3,(H,61,64)/b18-16-,30-27+,46-42+. The van der Waals surface area contributed by atoms with Crippen molar-refractivity contribution in [3.05, 3.63) is 36.5 Å². The number of aliphatic hydroxyl groups excluding tert-OH is 5. The molecule has 0 bridgehead atoms. The van der Waals surface area contributed by atoms with Crippen LogP contribution in [0.1, 0.15) is 271 Å². The van der Waals surface area contributed by atoms with Crippen LogP contribution in [0.4, 0.5) is 0 Å². The highest BCUT2D eigenvalue weighted by Gasteiger charge is 2.44. The third kappa shape index (κ3) is 39.9. The normalized spacial score (nSPS) is 19.3. The van der Waals surface area contributed by atoms with E-state index >= 15 is 0 Å². The largest absolute Gasteiger partial charge is 0.466 e. The quantitative estimate of drug-likeness (QED) is 0.0195. The van der Waals surface area contributed by atoms with E-state index in [1.165, 1.54) is 167 Å². The van der Waals surface area contributed by atoms with Gasteiger partial charge in [0.15, 0.2) is 6.29 Å². The molecule has 0 spiro atoms. The van der Waals surface area contributed by atoms with E-state index in [4.69, 9.17) is 14.2 Å². The smallest absolute Gasteiger partial charge is 0.305 e. The summed E-state index contributed by atoms with van der Waals surface area (Å²) in [6.45, 7) is 4.30. The van der Waals surface area contributed by atoms with Gasteiger partial charge in [-0.1, -0.05) is 224 Å². The Hall–Kier alpha value is -2.12. The van der Waals surface area contributed by atoms with Crippen LogP contribution >= 0.6 is 0 Å². The Bertz CT molecular complexity index is 1280. The van der Waals surface area contributed by atoms with Crippen LogP contribution in [-0.4, -0.2) is 100 Å². The molecule has 0 aromatic carbocycles. The van der Waals surface area contributed by atoms with E-state index in [0.29, 0.717) is 19.4 Å². The second-order valence-electron chi connectivity index (χ2n) is 20.7. The van der Waals surface area contributed by atoms with Gasteiger partial charge in [-0.3, -0.25) is 9.59 Å². The number of allylic oxidation sites excluding steroid dienone is 5. The van der Waals surface area contributed by atoms with Crippen LogP contribution in [-0.2, 0) is 23.8 Å². The maximum atomic E-state index is 13.0. The van der Waals surface area contributed by atoms with Crippen LogP contribution in [0.15, 0.2) is 36.5 Å². The van der Waals surface area contributed by atoms with Crippen molar-refractivity contribution in [1.82, 2.24) is 5.32 Å². The van der Waals surface area contributed by atoms with Gasteiger partial charge in [0.2, 0.25) is 5.91 Å². The van der Waals surface area contributed by atoms with Crippen molar-refractivity contribution in [2.24, 2.45) is 0 Å². The lowest BCUT2D eigenvalue weighted by molar-refractivity contribution is -0.302. The number of esters is 1. The zero-order valence-corrected chi connectivity index (χ0v) is 45.7. The number of rotatable bonds is 51. The molecular weight excluding hydrogens is 895 g/mol. The maximum absolute atomic E-state index is 13.0. The van der Waals surface area contributed by atoms with Crippen molar-refractivity contribution in [3.63, 3.8) is 0 Å². The van der Waals surface area contributed by atoms with E-state index < -0.39 is 49.5 Å². The van der Waals surface area contributed by atoms with E-state index in [0.717, 1.165) is 77.0 Å². The summed E-state index contributed by atoms with van der Waals surface area (Å²) in [4.78, 5) is 25.0. The third-order valence-corrected chi connectivity index (χ3v) is 14.0. The van der Waals surface area contributed by atoms with Gasteiger partial charge in [-0.15, -0.1) is 0 Å². The molecule has 1 amide bonds. The van der Waals surface area contributed by atoms with E-state index in [-0.39, 0.29) is 18.5 Å². The van der Waals surface area contributed by atoms with Crippen LogP contribution < -0.4 is 5.32 Å². The van der Waals surface area contributed by atoms with Crippen molar-refractivity contribution in [2.75, 3.05) is 19.8 Å². The van der Waals surface area contributed by atoms with Crippen molar-refractivity contribution >= 4 is 11.9 Å². The number of amides is 1. The fraction of sp³-hybridized carbons (Fsp3) is 0.867. The highest BCUT2D eigenvalue weighted by atomic mass is 16.7. The third-order valence-electron chi connectivity index (χ3n) is 14.0. The zero-order valence-electron chi connectivity index (χ0n) is 45.7. The number of hydrogen-bond acceptors (Lipinski definition) is 10. The van der Waals surface area contributed by atoms with Crippen molar-refractivity contribution in [2.45, 2.75) is 314 Å². The lowest BCUT2D eigenvalue weighted by Crippen LogP contribution is -2.60. The summed E-state index contributed by atoms with van der Waals surface area (Å²) in [7, 11) is 0. The minimum atomic E-state index is -1.58. The number of carbonyl (C=O) groups is 2. The zero-order chi connectivity index (χ0) is 51.7. The number of ether oxygens (including phenoxy) is 3. The highest BCUT2D eigenvalue weighted by molar-refractivity contribution is 5.76. The molecule has 1 heterocycles. The van der Waals surface area contributed by atoms with E-state index in [9.17, 15) is 35.1 Å². The summed E-state index contributed by atoms with van der Waals surface area (Å²) in [6, 6.07) is -0.833. The van der Waals surface area contributed by atoms with Gasteiger partial charge in [-0.05, 0) is 70.6 Å². The van der Waals surface area contributed by atoms with Gasteiger partial charge in [-0.25, -0.2) is 0 Å². The van der Waals surface area contributed by atoms with Gasteiger partial charge in [0.1, 0.15) is 24.4 Å². The summed E-state index contributed by atoms with van der Waals surface area (Å²) in [6.07, 6.45) is 50.9. The SMILES string of the molecule is CCCCCCCC/C=C/CC/C=C/C(O)C(COC1OC(CO)C(O)C(O)C1O)NC(=O)CCCCCCCCC/C=C\CCCCCCCCCCCOC(=O)CCCCCCCCCCCCC. The summed E-state index contributed by atoms with van der Waals surface area (Å²) in [5.74, 6) is -0.210. The molecule has 0 aromatic rings. The summed E-state index contributed by atoms with van der Waals surface area (Å²) in [5.41, 5.74) is 0. The Morgan fingerprint density at radius 3 is 1.39 bits per heavy atom. The van der Waals surface area contributed by atoms with Gasteiger partial charge < -0.3 is 45.1 Å². The molecule has 11 heteroatoms. The Morgan fingerprint density at radius 2 is 0.915 bits per heavy atom. The minimum absolute atomic E-state index is 0.00885. The molecule has 6 N–H and O–H groups in total. The molecule has 0 radical (unpaired) electrons. The Labute approximate surface area is 434 Å².